The molecule has 0 saturated carbocycles. The molecule has 0 radical (unpaired) electrons. The topological polar surface area (TPSA) is 0 Å². The van der Waals surface area contributed by atoms with Crippen molar-refractivity contribution in [2.24, 2.45) is 0 Å². The van der Waals surface area contributed by atoms with Crippen LogP contribution >= 0.6 is 15.9 Å². The Morgan fingerprint density at radius 1 is 0.941 bits per heavy atom. The number of unbranched alkanes of at least 4 members (excludes halogenated alkanes) is 3. The van der Waals surface area contributed by atoms with E-state index < -0.39 is 0 Å². The molecule has 0 atom stereocenters. The highest BCUT2D eigenvalue weighted by Gasteiger charge is 2.11. The van der Waals surface area contributed by atoms with E-state index in [1.54, 1.807) is 0 Å². The van der Waals surface area contributed by atoms with Crippen molar-refractivity contribution in [1.82, 2.24) is 0 Å². The number of hydrogen-bond donors (Lipinski definition) is 0. The van der Waals surface area contributed by atoms with Crippen molar-refractivity contribution in [3.63, 3.8) is 0 Å². The Morgan fingerprint density at radius 3 is 1.88 bits per heavy atom. The molecule has 1 aromatic carbocycles. The molecule has 0 aliphatic heterocycles. The highest BCUT2D eigenvalue weighted by molar-refractivity contribution is 9.09. The number of hydrogen-bond acceptors (Lipinski definition) is 0. The fourth-order valence-corrected chi connectivity index (χ4v) is 1.86. The Hall–Kier alpha value is -0.300. The molecule has 0 fully saturated rings. The molecule has 0 saturated heterocycles. The normalized spacial score (nSPS) is 10.6. The molecule has 0 heterocycles. The zero-order valence-corrected chi connectivity index (χ0v) is 13.4. The zero-order chi connectivity index (χ0) is 13.1. The molecule has 0 aromatic heterocycles. The van der Waals surface area contributed by atoms with E-state index in [9.17, 15) is 0 Å². The molecule has 0 spiro atoms. The summed E-state index contributed by atoms with van der Waals surface area (Å²) in [4.78, 5) is 0. The fraction of sp³-hybridized carbons (Fsp3) is 0.625. The third-order valence-electron chi connectivity index (χ3n) is 2.63. The minimum absolute atomic E-state index is 0.293. The molecule has 0 unspecified atom stereocenters. The third-order valence-corrected chi connectivity index (χ3v) is 3.19. The standard InChI is InChI=1S/C10H14.C6H13Br/c1-10(2,3)9-7-5-4-6-8-9;1-2-3-4-5-6-7/h4-8H,1-3H3;2-6H2,1H3. The van der Waals surface area contributed by atoms with Crippen LogP contribution in [0, 0.1) is 0 Å². The smallest absolute Gasteiger partial charge is 0.00313 e. The van der Waals surface area contributed by atoms with Gasteiger partial charge in [-0.3, -0.25) is 0 Å². The van der Waals surface area contributed by atoms with Gasteiger partial charge in [0.1, 0.15) is 0 Å². The summed E-state index contributed by atoms with van der Waals surface area (Å²) in [6.07, 6.45) is 5.47. The molecule has 0 amide bonds. The van der Waals surface area contributed by atoms with E-state index >= 15 is 0 Å². The maximum absolute atomic E-state index is 3.38. The van der Waals surface area contributed by atoms with Crippen LogP contribution < -0.4 is 0 Å². The molecule has 1 heteroatoms. The van der Waals surface area contributed by atoms with Crippen LogP contribution in [0.5, 0.6) is 0 Å². The molecule has 0 aliphatic rings. The van der Waals surface area contributed by atoms with Gasteiger partial charge in [0, 0.05) is 5.33 Å². The van der Waals surface area contributed by atoms with Crippen molar-refractivity contribution in [2.75, 3.05) is 5.33 Å². The lowest BCUT2D eigenvalue weighted by Gasteiger charge is -2.18. The van der Waals surface area contributed by atoms with Gasteiger partial charge in [0.25, 0.3) is 0 Å². The predicted octanol–water partition coefficient (Wildman–Crippen LogP) is 5.95. The second-order valence-corrected chi connectivity index (χ2v) is 6.16. The summed E-state index contributed by atoms with van der Waals surface area (Å²) in [6.45, 7) is 8.90. The van der Waals surface area contributed by atoms with E-state index in [1.807, 2.05) is 0 Å². The first kappa shape index (κ1) is 16.7. The van der Waals surface area contributed by atoms with Crippen LogP contribution in [0.3, 0.4) is 0 Å². The molecule has 98 valence electrons. The van der Waals surface area contributed by atoms with Gasteiger partial charge in [0.15, 0.2) is 0 Å². The van der Waals surface area contributed by atoms with E-state index in [2.05, 4.69) is 74.0 Å². The van der Waals surface area contributed by atoms with Gasteiger partial charge in [-0.25, -0.2) is 0 Å². The van der Waals surface area contributed by atoms with E-state index in [-0.39, 0.29) is 0 Å². The van der Waals surface area contributed by atoms with Crippen molar-refractivity contribution in [3.8, 4) is 0 Å². The van der Waals surface area contributed by atoms with Crippen molar-refractivity contribution in [1.29, 1.82) is 0 Å². The first-order chi connectivity index (χ1) is 8.02. The van der Waals surface area contributed by atoms with Crippen LogP contribution in [-0.2, 0) is 5.41 Å². The Balaban J connectivity index is 0.000000325. The molecule has 0 bridgehead atoms. The molecule has 0 aliphatic carbocycles. The Bertz CT molecular complexity index is 255. The molecular formula is C16H27Br. The van der Waals surface area contributed by atoms with Gasteiger partial charge in [0.05, 0.1) is 0 Å². The third kappa shape index (κ3) is 9.41. The molecule has 17 heavy (non-hydrogen) atoms. The van der Waals surface area contributed by atoms with Crippen molar-refractivity contribution >= 4 is 15.9 Å². The van der Waals surface area contributed by atoms with Gasteiger partial charge in [-0.2, -0.15) is 0 Å². The van der Waals surface area contributed by atoms with Gasteiger partial charge >= 0.3 is 0 Å². The first-order valence-electron chi connectivity index (χ1n) is 6.64. The second kappa shape index (κ2) is 9.70. The van der Waals surface area contributed by atoms with E-state index in [1.165, 1.54) is 36.6 Å². The summed E-state index contributed by atoms with van der Waals surface area (Å²) in [7, 11) is 0. The van der Waals surface area contributed by atoms with Crippen molar-refractivity contribution in [3.05, 3.63) is 35.9 Å². The van der Waals surface area contributed by atoms with Gasteiger partial charge < -0.3 is 0 Å². The first-order valence-corrected chi connectivity index (χ1v) is 7.76. The lowest BCUT2D eigenvalue weighted by atomic mass is 9.87. The average molecular weight is 299 g/mol. The number of alkyl halides is 1. The Kier molecular flexibility index (Phi) is 9.53. The highest BCUT2D eigenvalue weighted by atomic mass is 79.9. The number of halogens is 1. The lowest BCUT2D eigenvalue weighted by Crippen LogP contribution is -2.10. The Morgan fingerprint density at radius 2 is 1.53 bits per heavy atom. The number of rotatable bonds is 4. The van der Waals surface area contributed by atoms with Crippen LogP contribution in [0.25, 0.3) is 0 Å². The SMILES string of the molecule is CC(C)(C)c1ccccc1.CCCCCCBr. The summed E-state index contributed by atoms with van der Waals surface area (Å²) in [5, 5.41) is 1.17. The average Bonchev–Trinajstić information content (AvgIpc) is 2.31. The lowest BCUT2D eigenvalue weighted by molar-refractivity contribution is 0.590. The summed E-state index contributed by atoms with van der Waals surface area (Å²) < 4.78 is 0. The second-order valence-electron chi connectivity index (χ2n) is 5.37. The summed E-state index contributed by atoms with van der Waals surface area (Å²) in [5.74, 6) is 0. The van der Waals surface area contributed by atoms with Gasteiger partial charge in [-0.1, -0.05) is 93.2 Å². The summed E-state index contributed by atoms with van der Waals surface area (Å²) in [5.41, 5.74) is 1.69. The van der Waals surface area contributed by atoms with E-state index in [4.69, 9.17) is 0 Å². The maximum Gasteiger partial charge on any atom is 0.00313 e. The minimum Gasteiger partial charge on any atom is -0.0928 e. The molecule has 0 nitrogen and oxygen atoms in total. The monoisotopic (exact) mass is 298 g/mol. The molecule has 1 aromatic rings. The number of benzene rings is 1. The van der Waals surface area contributed by atoms with Crippen LogP contribution in [-0.4, -0.2) is 5.33 Å². The largest absolute Gasteiger partial charge is 0.0928 e. The highest BCUT2D eigenvalue weighted by Crippen LogP contribution is 2.20. The van der Waals surface area contributed by atoms with Gasteiger partial charge in [0.2, 0.25) is 0 Å². The summed E-state index contributed by atoms with van der Waals surface area (Å²) >= 11 is 3.38. The summed E-state index contributed by atoms with van der Waals surface area (Å²) in [6, 6.07) is 10.6. The maximum atomic E-state index is 3.38. The van der Waals surface area contributed by atoms with Gasteiger partial charge in [-0.05, 0) is 17.4 Å². The van der Waals surface area contributed by atoms with Gasteiger partial charge in [-0.15, -0.1) is 0 Å². The molecule has 1 rings (SSSR count). The fourth-order valence-electron chi connectivity index (χ4n) is 1.46. The zero-order valence-electron chi connectivity index (χ0n) is 11.8. The van der Waals surface area contributed by atoms with E-state index in [0.717, 1.165) is 0 Å². The van der Waals surface area contributed by atoms with Crippen LogP contribution in [0.2, 0.25) is 0 Å². The quantitative estimate of drug-likeness (QED) is 0.476. The minimum atomic E-state index is 0.293. The molecular weight excluding hydrogens is 272 g/mol. The van der Waals surface area contributed by atoms with Crippen molar-refractivity contribution < 1.29 is 0 Å². The molecule has 0 N–H and O–H groups in total. The van der Waals surface area contributed by atoms with Crippen LogP contribution in [0.1, 0.15) is 58.9 Å². The van der Waals surface area contributed by atoms with E-state index in [0.29, 0.717) is 5.41 Å². The van der Waals surface area contributed by atoms with Crippen LogP contribution in [0.15, 0.2) is 30.3 Å². The van der Waals surface area contributed by atoms with Crippen LogP contribution in [0.4, 0.5) is 0 Å². The van der Waals surface area contributed by atoms with Crippen molar-refractivity contribution in [2.45, 2.75) is 58.8 Å². The predicted molar refractivity (Wildman–Crippen MR) is 83.1 cm³/mol. The Labute approximate surface area is 116 Å².